The van der Waals surface area contributed by atoms with Crippen LogP contribution in [0.5, 0.6) is 0 Å². The Morgan fingerprint density at radius 1 is 0.467 bits per heavy atom. The van der Waals surface area contributed by atoms with Crippen LogP contribution in [-0.2, 0) is 42.2 Å². The second-order valence-electron chi connectivity index (χ2n) is 16.3. The predicted molar refractivity (Wildman–Crippen MR) is 243 cm³/mol. The lowest BCUT2D eigenvalue weighted by molar-refractivity contribution is -0.161. The zero-order valence-electron chi connectivity index (χ0n) is 38.4. The van der Waals surface area contributed by atoms with Gasteiger partial charge in [-0.1, -0.05) is 180 Å². The van der Waals surface area contributed by atoms with Crippen molar-refractivity contribution in [3.8, 4) is 0 Å². The van der Waals surface area contributed by atoms with E-state index >= 15 is 0 Å². The van der Waals surface area contributed by atoms with Gasteiger partial charge in [0.2, 0.25) is 0 Å². The minimum atomic E-state index is -4.72. The van der Waals surface area contributed by atoms with Gasteiger partial charge >= 0.3 is 25.7 Å². The van der Waals surface area contributed by atoms with E-state index in [9.17, 15) is 28.9 Å². The highest BCUT2D eigenvalue weighted by atomic mass is 31.2. The molecule has 0 rings (SSSR count). The number of ether oxygens (including phenoxy) is 3. The molecule has 2 N–H and O–H groups in total. The van der Waals surface area contributed by atoms with Crippen molar-refractivity contribution in [2.45, 2.75) is 238 Å². The summed E-state index contributed by atoms with van der Waals surface area (Å²) in [5.74, 6) is -1.47. The summed E-state index contributed by atoms with van der Waals surface area (Å²) >= 11 is 0. The van der Waals surface area contributed by atoms with E-state index < -0.39 is 57.8 Å². The van der Waals surface area contributed by atoms with Crippen molar-refractivity contribution < 1.29 is 52.2 Å². The molecule has 0 saturated carbocycles. The number of hydrogen-bond donors (Lipinski definition) is 2. The highest BCUT2D eigenvalue weighted by molar-refractivity contribution is 7.47. The third kappa shape index (κ3) is 41.3. The van der Waals surface area contributed by atoms with Crippen LogP contribution in [0.2, 0.25) is 0 Å². The smallest absolute Gasteiger partial charge is 0.462 e. The Morgan fingerprint density at radius 3 is 1.27 bits per heavy atom. The van der Waals surface area contributed by atoms with Gasteiger partial charge in [0.05, 0.1) is 19.8 Å². The van der Waals surface area contributed by atoms with Gasteiger partial charge in [0.1, 0.15) is 12.7 Å². The number of phosphoric ester groups is 1. The van der Waals surface area contributed by atoms with E-state index in [1.54, 1.807) is 0 Å². The molecule has 60 heavy (non-hydrogen) atoms. The second kappa shape index (κ2) is 43.6. The maximum atomic E-state index is 12.8. The molecule has 0 heterocycles. The molecule has 11 nitrogen and oxygen atoms in total. The molecule has 0 aliphatic heterocycles. The van der Waals surface area contributed by atoms with Gasteiger partial charge in [-0.15, -0.1) is 0 Å². The highest BCUT2D eigenvalue weighted by Crippen LogP contribution is 2.43. The largest absolute Gasteiger partial charge is 0.472 e. The molecule has 0 bridgehead atoms. The molecule has 0 aromatic rings. The Bertz CT molecular complexity index is 1110. The first-order valence-corrected chi connectivity index (χ1v) is 25.7. The molecule has 0 aromatic carbocycles. The molecule has 0 radical (unpaired) electrons. The number of unbranched alkanes of at least 4 members (excludes halogenated alkanes) is 24. The molecule has 3 unspecified atom stereocenters. The van der Waals surface area contributed by atoms with E-state index in [-0.39, 0.29) is 25.9 Å². The molecule has 0 fully saturated rings. The van der Waals surface area contributed by atoms with Crippen LogP contribution in [0.25, 0.3) is 0 Å². The van der Waals surface area contributed by atoms with Gasteiger partial charge in [-0.25, -0.2) is 4.57 Å². The summed E-state index contributed by atoms with van der Waals surface area (Å²) in [6.45, 7) is 4.54. The minimum Gasteiger partial charge on any atom is -0.462 e. The van der Waals surface area contributed by atoms with Gasteiger partial charge in [-0.2, -0.15) is 0 Å². The van der Waals surface area contributed by atoms with Crippen molar-refractivity contribution in [3.63, 3.8) is 0 Å². The van der Waals surface area contributed by atoms with Crippen LogP contribution in [0.3, 0.4) is 0 Å². The average Bonchev–Trinajstić information content (AvgIpc) is 3.23. The minimum absolute atomic E-state index is 0.169. The monoisotopic (exact) mass is 873 g/mol. The van der Waals surface area contributed by atoms with Gasteiger partial charge in [0.15, 0.2) is 6.10 Å². The van der Waals surface area contributed by atoms with Gasteiger partial charge in [0.25, 0.3) is 0 Å². The molecule has 0 aliphatic rings. The molecular formula is C48H89O11P. The number of rotatable bonds is 45. The summed E-state index contributed by atoms with van der Waals surface area (Å²) < 4.78 is 39.1. The third-order valence-electron chi connectivity index (χ3n) is 10.4. The van der Waals surface area contributed by atoms with Gasteiger partial charge in [-0.3, -0.25) is 23.4 Å². The molecule has 352 valence electrons. The maximum absolute atomic E-state index is 12.8. The third-order valence-corrected chi connectivity index (χ3v) is 11.3. The Hall–Kier alpha value is -2.04. The van der Waals surface area contributed by atoms with E-state index in [1.807, 2.05) is 0 Å². The maximum Gasteiger partial charge on any atom is 0.472 e. The van der Waals surface area contributed by atoms with Crippen molar-refractivity contribution >= 4 is 25.7 Å². The lowest BCUT2D eigenvalue weighted by atomic mass is 10.1. The molecular weight excluding hydrogens is 783 g/mol. The summed E-state index contributed by atoms with van der Waals surface area (Å²) in [5, 5.41) is 9.71. The first-order valence-electron chi connectivity index (χ1n) is 24.2. The van der Waals surface area contributed by atoms with Crippen LogP contribution in [0.15, 0.2) is 24.3 Å². The number of phosphoric acid groups is 1. The van der Waals surface area contributed by atoms with E-state index in [0.29, 0.717) is 19.3 Å². The van der Waals surface area contributed by atoms with Gasteiger partial charge in [-0.05, 0) is 51.4 Å². The molecule has 0 saturated heterocycles. The Morgan fingerprint density at radius 2 is 0.817 bits per heavy atom. The standard InChI is InChI=1S/C48H89O11P/c1-4-7-10-13-16-19-20-21-22-23-24-27-28-31-34-37-46(50)55-41-45(59-48(52)39-36-33-30-26-18-15-12-9-6-3)43-57-60(53,54)56-42-44(40-49)58-47(51)38-35-32-29-25-17-14-11-8-5-2/h16,19,21-22,44-45,49H,4-15,17-18,20,23-43H2,1-3H3,(H,53,54)/b19-16-,22-21-. The van der Waals surface area contributed by atoms with E-state index in [4.69, 9.17) is 23.3 Å². The summed E-state index contributed by atoms with van der Waals surface area (Å²) in [4.78, 5) is 48.0. The van der Waals surface area contributed by atoms with Crippen LogP contribution in [0, 0.1) is 0 Å². The van der Waals surface area contributed by atoms with E-state index in [2.05, 4.69) is 45.1 Å². The number of allylic oxidation sites excluding steroid dienone is 4. The Balaban J connectivity index is 4.71. The molecule has 0 aliphatic carbocycles. The van der Waals surface area contributed by atoms with E-state index in [1.165, 1.54) is 83.5 Å². The predicted octanol–water partition coefficient (Wildman–Crippen LogP) is 13.1. The molecule has 12 heteroatoms. The fourth-order valence-corrected chi connectivity index (χ4v) is 7.40. The number of carbonyl (C=O) groups excluding carboxylic acids is 3. The lowest BCUT2D eigenvalue weighted by Gasteiger charge is -2.21. The summed E-state index contributed by atoms with van der Waals surface area (Å²) in [6, 6.07) is 0. The normalized spacial score (nSPS) is 13.8. The summed E-state index contributed by atoms with van der Waals surface area (Å²) in [5.41, 5.74) is 0. The summed E-state index contributed by atoms with van der Waals surface area (Å²) in [6.07, 6.45) is 38.8. The number of carbonyl (C=O) groups is 3. The van der Waals surface area contributed by atoms with Crippen LogP contribution < -0.4 is 0 Å². The highest BCUT2D eigenvalue weighted by Gasteiger charge is 2.28. The number of aliphatic hydroxyl groups is 1. The molecule has 0 amide bonds. The SMILES string of the molecule is CCCCC/C=C\C/C=C\CCCCCCCC(=O)OCC(COP(=O)(O)OCC(CO)OC(=O)CCCCCCCCCCC)OC(=O)CCCCCCCCCCC. The van der Waals surface area contributed by atoms with Gasteiger partial charge < -0.3 is 24.2 Å². The van der Waals surface area contributed by atoms with Crippen molar-refractivity contribution in [1.82, 2.24) is 0 Å². The molecule has 0 aromatic heterocycles. The van der Waals surface area contributed by atoms with Crippen LogP contribution in [-0.4, -0.2) is 66.5 Å². The van der Waals surface area contributed by atoms with Crippen LogP contribution in [0.4, 0.5) is 0 Å². The second-order valence-corrected chi connectivity index (χ2v) is 17.7. The first kappa shape index (κ1) is 58.0. The quantitative estimate of drug-likeness (QED) is 0.0197. The average molecular weight is 873 g/mol. The zero-order chi connectivity index (χ0) is 44.2. The number of aliphatic hydroxyl groups excluding tert-OH is 1. The zero-order valence-corrected chi connectivity index (χ0v) is 39.3. The van der Waals surface area contributed by atoms with Crippen molar-refractivity contribution in [3.05, 3.63) is 24.3 Å². The van der Waals surface area contributed by atoms with Crippen molar-refractivity contribution in [2.75, 3.05) is 26.4 Å². The summed E-state index contributed by atoms with van der Waals surface area (Å²) in [7, 11) is -4.72. The fourth-order valence-electron chi connectivity index (χ4n) is 6.62. The van der Waals surface area contributed by atoms with E-state index in [0.717, 1.165) is 83.5 Å². The Labute approximate surface area is 366 Å². The van der Waals surface area contributed by atoms with Crippen LogP contribution >= 0.6 is 7.82 Å². The van der Waals surface area contributed by atoms with Gasteiger partial charge in [0, 0.05) is 19.3 Å². The van der Waals surface area contributed by atoms with Crippen molar-refractivity contribution in [1.29, 1.82) is 0 Å². The first-order chi connectivity index (χ1) is 29.2. The lowest BCUT2D eigenvalue weighted by Crippen LogP contribution is -2.30. The molecule has 0 spiro atoms. The van der Waals surface area contributed by atoms with Crippen molar-refractivity contribution in [2.24, 2.45) is 0 Å². The number of esters is 3. The Kier molecular flexibility index (Phi) is 42.1. The number of hydrogen-bond acceptors (Lipinski definition) is 10. The molecule has 3 atom stereocenters. The fraction of sp³-hybridized carbons (Fsp3) is 0.854. The van der Waals surface area contributed by atoms with Crippen LogP contribution in [0.1, 0.15) is 226 Å². The topological polar surface area (TPSA) is 155 Å².